The van der Waals surface area contributed by atoms with Gasteiger partial charge in [0.15, 0.2) is 16.4 Å². The van der Waals surface area contributed by atoms with Gasteiger partial charge in [-0.15, -0.1) is 0 Å². The van der Waals surface area contributed by atoms with E-state index in [2.05, 4.69) is 5.32 Å². The average Bonchev–Trinajstić information content (AvgIpc) is 2.62. The molecule has 0 radical (unpaired) electrons. The van der Waals surface area contributed by atoms with E-state index in [1.807, 2.05) is 6.92 Å². The number of ether oxygens (including phenoxy) is 1. The summed E-state index contributed by atoms with van der Waals surface area (Å²) in [4.78, 5) is 11.9. The maximum Gasteiger partial charge on any atom is 0.258 e. The van der Waals surface area contributed by atoms with Crippen LogP contribution in [0.5, 0.6) is 5.75 Å². The van der Waals surface area contributed by atoms with Gasteiger partial charge in [-0.3, -0.25) is 4.79 Å². The number of rotatable bonds is 4. The molecule has 6 nitrogen and oxygen atoms in total. The number of nitrogen functional groups attached to an aromatic ring is 1. The fourth-order valence-corrected chi connectivity index (χ4v) is 4.55. The molecule has 0 bridgehead atoms. The third kappa shape index (κ3) is 4.10. The number of nitrogens with one attached hydrogen (secondary N) is 1. The van der Waals surface area contributed by atoms with Crippen molar-refractivity contribution >= 4 is 21.4 Å². The minimum atomic E-state index is -3.05. The second kappa shape index (κ2) is 5.55. The number of sulfone groups is 1. The zero-order valence-corrected chi connectivity index (χ0v) is 13.0. The predicted molar refractivity (Wildman–Crippen MR) is 80.9 cm³/mol. The topological polar surface area (TPSA) is 98.5 Å². The monoisotopic (exact) mass is 312 g/mol. The summed E-state index contributed by atoms with van der Waals surface area (Å²) in [6, 6.07) is 5.17. The van der Waals surface area contributed by atoms with Crippen LogP contribution >= 0.6 is 0 Å². The number of carbonyl (C=O) groups is 1. The first-order valence-electron chi connectivity index (χ1n) is 6.69. The number of aryl methyl sites for hydroxylation is 1. The molecule has 21 heavy (non-hydrogen) atoms. The number of anilines is 1. The minimum Gasteiger partial charge on any atom is -0.484 e. The van der Waals surface area contributed by atoms with Crippen molar-refractivity contribution < 1.29 is 17.9 Å². The van der Waals surface area contributed by atoms with Crippen molar-refractivity contribution in [1.82, 2.24) is 5.32 Å². The van der Waals surface area contributed by atoms with Crippen LogP contribution in [-0.4, -0.2) is 38.0 Å². The molecule has 1 aliphatic heterocycles. The molecule has 116 valence electrons. The Hall–Kier alpha value is -1.76. The fraction of sp³-hybridized carbons (Fsp3) is 0.500. The van der Waals surface area contributed by atoms with Gasteiger partial charge >= 0.3 is 0 Å². The van der Waals surface area contributed by atoms with Gasteiger partial charge in [0.05, 0.1) is 17.0 Å². The lowest BCUT2D eigenvalue weighted by atomic mass is 10.0. The first-order valence-corrected chi connectivity index (χ1v) is 8.52. The molecule has 3 N–H and O–H groups in total. The van der Waals surface area contributed by atoms with E-state index in [9.17, 15) is 13.2 Å². The molecule has 1 aromatic rings. The molecule has 0 aliphatic carbocycles. The Morgan fingerprint density at radius 3 is 2.76 bits per heavy atom. The van der Waals surface area contributed by atoms with Crippen LogP contribution in [0.4, 0.5) is 5.69 Å². The van der Waals surface area contributed by atoms with E-state index in [4.69, 9.17) is 10.5 Å². The summed E-state index contributed by atoms with van der Waals surface area (Å²) in [5, 5.41) is 2.74. The van der Waals surface area contributed by atoms with Crippen LogP contribution in [0.15, 0.2) is 18.2 Å². The van der Waals surface area contributed by atoms with Gasteiger partial charge in [-0.2, -0.15) is 0 Å². The summed E-state index contributed by atoms with van der Waals surface area (Å²) < 4.78 is 28.4. The highest BCUT2D eigenvalue weighted by atomic mass is 32.2. The lowest BCUT2D eigenvalue weighted by Gasteiger charge is -2.23. The molecule has 1 aliphatic rings. The first kappa shape index (κ1) is 15.6. The third-order valence-electron chi connectivity index (χ3n) is 3.50. The van der Waals surface area contributed by atoms with Crippen LogP contribution in [0.1, 0.15) is 18.9 Å². The lowest BCUT2D eigenvalue weighted by Crippen LogP contribution is -2.48. The Kier molecular flexibility index (Phi) is 4.13. The van der Waals surface area contributed by atoms with Crippen molar-refractivity contribution in [2.24, 2.45) is 0 Å². The molecular formula is C14H20N2O4S. The molecular weight excluding hydrogens is 292 g/mol. The second-order valence-electron chi connectivity index (χ2n) is 5.76. The third-order valence-corrected chi connectivity index (χ3v) is 5.41. The number of hydrogen-bond donors (Lipinski definition) is 2. The highest BCUT2D eigenvalue weighted by molar-refractivity contribution is 7.91. The maximum absolute atomic E-state index is 11.9. The number of nitrogens with two attached hydrogens (primary N) is 1. The van der Waals surface area contributed by atoms with Gasteiger partial charge < -0.3 is 15.8 Å². The van der Waals surface area contributed by atoms with Crippen molar-refractivity contribution in [1.29, 1.82) is 0 Å². The fourth-order valence-electron chi connectivity index (χ4n) is 2.46. The molecule has 0 aromatic heterocycles. The van der Waals surface area contributed by atoms with E-state index < -0.39 is 15.4 Å². The zero-order valence-electron chi connectivity index (χ0n) is 12.2. The van der Waals surface area contributed by atoms with Gasteiger partial charge in [-0.25, -0.2) is 8.42 Å². The SMILES string of the molecule is Cc1cc(N)ccc1OCC(=O)NC1(C)CCS(=O)(=O)C1. The van der Waals surface area contributed by atoms with Crippen LogP contribution in [0.3, 0.4) is 0 Å². The lowest BCUT2D eigenvalue weighted by molar-refractivity contribution is -0.124. The van der Waals surface area contributed by atoms with Crippen LogP contribution < -0.4 is 15.8 Å². The van der Waals surface area contributed by atoms with Gasteiger partial charge in [0.2, 0.25) is 0 Å². The number of hydrogen-bond acceptors (Lipinski definition) is 5. The van der Waals surface area contributed by atoms with E-state index >= 15 is 0 Å². The summed E-state index contributed by atoms with van der Waals surface area (Å²) in [6.45, 7) is 3.43. The molecule has 0 saturated carbocycles. The molecule has 0 spiro atoms. The summed E-state index contributed by atoms with van der Waals surface area (Å²) >= 11 is 0. The Morgan fingerprint density at radius 2 is 2.19 bits per heavy atom. The molecule has 1 fully saturated rings. The standard InChI is InChI=1S/C14H20N2O4S/c1-10-7-11(15)3-4-12(10)20-8-13(17)16-14(2)5-6-21(18,19)9-14/h3-4,7H,5-6,8-9,15H2,1-2H3,(H,16,17). The molecule has 1 unspecified atom stereocenters. The Bertz CT molecular complexity index is 657. The van der Waals surface area contributed by atoms with Crippen molar-refractivity contribution in [3.63, 3.8) is 0 Å². The maximum atomic E-state index is 11.9. The van der Waals surface area contributed by atoms with Crippen molar-refractivity contribution in [2.45, 2.75) is 25.8 Å². The van der Waals surface area contributed by atoms with Gasteiger partial charge in [0.25, 0.3) is 5.91 Å². The summed E-state index contributed by atoms with van der Waals surface area (Å²) in [5.74, 6) is 0.350. The Balaban J connectivity index is 1.91. The highest BCUT2D eigenvalue weighted by Gasteiger charge is 2.39. The van der Waals surface area contributed by atoms with E-state index in [1.54, 1.807) is 25.1 Å². The van der Waals surface area contributed by atoms with Crippen LogP contribution in [-0.2, 0) is 14.6 Å². The first-order chi connectivity index (χ1) is 9.69. The summed E-state index contributed by atoms with van der Waals surface area (Å²) in [6.07, 6.45) is 0.433. The Labute approximate surface area is 124 Å². The second-order valence-corrected chi connectivity index (χ2v) is 7.95. The van der Waals surface area contributed by atoms with Crippen molar-refractivity contribution in [3.05, 3.63) is 23.8 Å². The highest BCUT2D eigenvalue weighted by Crippen LogP contribution is 2.23. The molecule has 2 rings (SSSR count). The molecule has 1 amide bonds. The van der Waals surface area contributed by atoms with Crippen LogP contribution in [0.25, 0.3) is 0 Å². The molecule has 1 aromatic carbocycles. The van der Waals surface area contributed by atoms with Gasteiger partial charge in [0.1, 0.15) is 5.75 Å². The largest absolute Gasteiger partial charge is 0.484 e. The summed E-state index contributed by atoms with van der Waals surface area (Å²) in [5.41, 5.74) is 6.42. The zero-order chi connectivity index (χ0) is 15.7. The quantitative estimate of drug-likeness (QED) is 0.795. The van der Waals surface area contributed by atoms with Crippen molar-refractivity contribution in [2.75, 3.05) is 23.8 Å². The Morgan fingerprint density at radius 1 is 1.48 bits per heavy atom. The van der Waals surface area contributed by atoms with Crippen LogP contribution in [0, 0.1) is 6.92 Å². The van der Waals surface area contributed by atoms with E-state index in [0.29, 0.717) is 17.9 Å². The number of carbonyl (C=O) groups excluding carboxylic acids is 1. The normalized spacial score (nSPS) is 23.7. The molecule has 1 heterocycles. The van der Waals surface area contributed by atoms with E-state index in [0.717, 1.165) is 5.56 Å². The molecule has 7 heteroatoms. The van der Waals surface area contributed by atoms with Gasteiger partial charge in [0, 0.05) is 5.69 Å². The van der Waals surface area contributed by atoms with Crippen LogP contribution in [0.2, 0.25) is 0 Å². The van der Waals surface area contributed by atoms with E-state index in [-0.39, 0.29) is 24.0 Å². The van der Waals surface area contributed by atoms with Gasteiger partial charge in [-0.1, -0.05) is 0 Å². The smallest absolute Gasteiger partial charge is 0.258 e. The predicted octanol–water partition coefficient (Wildman–Crippen LogP) is 0.649. The number of benzene rings is 1. The minimum absolute atomic E-state index is 0.0212. The van der Waals surface area contributed by atoms with Crippen molar-refractivity contribution in [3.8, 4) is 5.75 Å². The average molecular weight is 312 g/mol. The molecule has 1 atom stereocenters. The van der Waals surface area contributed by atoms with E-state index in [1.165, 1.54) is 0 Å². The molecule has 1 saturated heterocycles. The summed E-state index contributed by atoms with van der Waals surface area (Å²) in [7, 11) is -3.05. The number of amides is 1. The van der Waals surface area contributed by atoms with Gasteiger partial charge in [-0.05, 0) is 44.0 Å².